The smallest absolute Gasteiger partial charge is 0.239 e. The van der Waals surface area contributed by atoms with Gasteiger partial charge >= 0.3 is 0 Å². The Hall–Kier alpha value is -1.36. The van der Waals surface area contributed by atoms with Crippen LogP contribution in [0, 0.1) is 6.92 Å². The summed E-state index contributed by atoms with van der Waals surface area (Å²) in [7, 11) is 0. The third-order valence-electron chi connectivity index (χ3n) is 3.04. The van der Waals surface area contributed by atoms with Gasteiger partial charge in [-0.05, 0) is 32.8 Å². The first-order chi connectivity index (χ1) is 7.51. The topological polar surface area (TPSA) is 72.9 Å². The van der Waals surface area contributed by atoms with Gasteiger partial charge in [0.25, 0.3) is 0 Å². The molecule has 3 N–H and O–H groups in total. The molecule has 0 aliphatic heterocycles. The van der Waals surface area contributed by atoms with Gasteiger partial charge in [0.05, 0.1) is 6.54 Å². The largest absolute Gasteiger partial charge is 0.368 e. The normalized spacial score (nSPS) is 19.4. The van der Waals surface area contributed by atoms with Gasteiger partial charge in [0.15, 0.2) is 0 Å². The van der Waals surface area contributed by atoms with E-state index in [1.165, 1.54) is 0 Å². The van der Waals surface area contributed by atoms with Crippen LogP contribution >= 0.6 is 0 Å². The van der Waals surface area contributed by atoms with E-state index in [4.69, 9.17) is 5.73 Å². The van der Waals surface area contributed by atoms with Gasteiger partial charge < -0.3 is 5.73 Å². The number of aromatic nitrogens is 2. The molecule has 5 nitrogen and oxygen atoms in total. The van der Waals surface area contributed by atoms with Crippen LogP contribution in [-0.4, -0.2) is 27.3 Å². The van der Waals surface area contributed by atoms with Crippen LogP contribution in [0.15, 0.2) is 12.3 Å². The van der Waals surface area contributed by atoms with Gasteiger partial charge in [0.1, 0.15) is 5.54 Å². The summed E-state index contributed by atoms with van der Waals surface area (Å²) in [5, 5.41) is 7.48. The number of carbonyl (C=O) groups is 1. The summed E-state index contributed by atoms with van der Waals surface area (Å²) < 4.78 is 1.81. The molecule has 1 aromatic heterocycles. The summed E-state index contributed by atoms with van der Waals surface area (Å²) in [6.45, 7) is 4.29. The van der Waals surface area contributed by atoms with Gasteiger partial charge in [-0.15, -0.1) is 0 Å². The average molecular weight is 222 g/mol. The van der Waals surface area contributed by atoms with Crippen molar-refractivity contribution >= 4 is 5.91 Å². The second-order valence-electron chi connectivity index (χ2n) is 4.75. The first kappa shape index (κ1) is 11.1. The molecule has 1 amide bonds. The van der Waals surface area contributed by atoms with Crippen LogP contribution < -0.4 is 11.1 Å². The highest BCUT2D eigenvalue weighted by molar-refractivity contribution is 5.84. The fourth-order valence-corrected chi connectivity index (χ4v) is 1.74. The van der Waals surface area contributed by atoms with Crippen molar-refractivity contribution in [2.75, 3.05) is 0 Å². The van der Waals surface area contributed by atoms with Gasteiger partial charge in [-0.25, -0.2) is 0 Å². The zero-order valence-corrected chi connectivity index (χ0v) is 9.73. The van der Waals surface area contributed by atoms with Crippen molar-refractivity contribution in [3.63, 3.8) is 0 Å². The predicted octanol–water partition coefficient (Wildman–Crippen LogP) is 0.188. The number of nitrogens with one attached hydrogen (secondary N) is 1. The van der Waals surface area contributed by atoms with E-state index < -0.39 is 5.54 Å². The number of amides is 1. The fraction of sp³-hybridized carbons (Fsp3) is 0.636. The maximum absolute atomic E-state index is 11.5. The van der Waals surface area contributed by atoms with Crippen molar-refractivity contribution in [1.82, 2.24) is 15.1 Å². The Morgan fingerprint density at radius 3 is 2.88 bits per heavy atom. The quantitative estimate of drug-likeness (QED) is 0.747. The minimum atomic E-state index is -0.710. The number of nitrogens with two attached hydrogens (primary N) is 1. The van der Waals surface area contributed by atoms with Crippen molar-refractivity contribution < 1.29 is 4.79 Å². The highest BCUT2D eigenvalue weighted by atomic mass is 16.1. The maximum atomic E-state index is 11.5. The van der Waals surface area contributed by atoms with Crippen molar-refractivity contribution in [2.45, 2.75) is 44.8 Å². The highest BCUT2D eigenvalue weighted by Crippen LogP contribution is 2.23. The van der Waals surface area contributed by atoms with Crippen molar-refractivity contribution in [3.8, 4) is 0 Å². The predicted molar refractivity (Wildman–Crippen MR) is 60.7 cm³/mol. The van der Waals surface area contributed by atoms with Gasteiger partial charge in [0, 0.05) is 17.9 Å². The molecule has 1 aromatic rings. The van der Waals surface area contributed by atoms with E-state index in [1.54, 1.807) is 10.9 Å². The molecular weight excluding hydrogens is 204 g/mol. The molecule has 2 rings (SSSR count). The lowest BCUT2D eigenvalue weighted by molar-refractivity contribution is -0.124. The van der Waals surface area contributed by atoms with E-state index in [1.807, 2.05) is 19.9 Å². The molecule has 0 spiro atoms. The van der Waals surface area contributed by atoms with Crippen LogP contribution in [0.25, 0.3) is 0 Å². The molecule has 16 heavy (non-hydrogen) atoms. The average Bonchev–Trinajstić information content (AvgIpc) is 2.91. The van der Waals surface area contributed by atoms with E-state index >= 15 is 0 Å². The van der Waals surface area contributed by atoms with Crippen LogP contribution in [0.1, 0.15) is 25.5 Å². The molecule has 0 saturated heterocycles. The summed E-state index contributed by atoms with van der Waals surface area (Å²) in [5.41, 5.74) is 5.79. The molecule has 0 aromatic carbocycles. The molecule has 1 saturated carbocycles. The fourth-order valence-electron chi connectivity index (χ4n) is 1.74. The first-order valence-electron chi connectivity index (χ1n) is 5.57. The Morgan fingerprint density at radius 1 is 1.75 bits per heavy atom. The summed E-state index contributed by atoms with van der Waals surface area (Å²) in [5.74, 6) is -0.325. The lowest BCUT2D eigenvalue weighted by atomic mass is 10.0. The number of hydrogen-bond donors (Lipinski definition) is 2. The lowest BCUT2D eigenvalue weighted by Gasteiger charge is -2.28. The number of nitrogens with zero attached hydrogens (tertiary/aromatic N) is 2. The Kier molecular flexibility index (Phi) is 2.71. The zero-order valence-electron chi connectivity index (χ0n) is 9.73. The first-order valence-corrected chi connectivity index (χ1v) is 5.57. The molecule has 0 bridgehead atoms. The minimum absolute atomic E-state index is 0.325. The molecule has 1 heterocycles. The number of primary amides is 1. The number of rotatable bonds is 5. The van der Waals surface area contributed by atoms with Crippen LogP contribution in [0.3, 0.4) is 0 Å². The number of aryl methyl sites for hydroxylation is 1. The van der Waals surface area contributed by atoms with Crippen LogP contribution in [-0.2, 0) is 11.3 Å². The Labute approximate surface area is 95.0 Å². The zero-order chi connectivity index (χ0) is 11.8. The molecule has 88 valence electrons. The molecule has 0 radical (unpaired) electrons. The minimum Gasteiger partial charge on any atom is -0.368 e. The molecular formula is C11H18N4O. The molecule has 1 aliphatic carbocycles. The lowest BCUT2D eigenvalue weighted by Crippen LogP contribution is -2.56. The Morgan fingerprint density at radius 2 is 2.44 bits per heavy atom. The molecule has 1 atom stereocenters. The van der Waals surface area contributed by atoms with Crippen molar-refractivity contribution in [1.29, 1.82) is 0 Å². The SMILES string of the molecule is Cc1ccnn1CC(C)(NC1CC1)C(N)=O. The van der Waals surface area contributed by atoms with Crippen LogP contribution in [0.4, 0.5) is 0 Å². The van der Waals surface area contributed by atoms with Gasteiger partial charge in [0.2, 0.25) is 5.91 Å². The highest BCUT2D eigenvalue weighted by Gasteiger charge is 2.37. The van der Waals surface area contributed by atoms with Crippen molar-refractivity contribution in [2.24, 2.45) is 5.73 Å². The third-order valence-corrected chi connectivity index (χ3v) is 3.04. The van der Waals surface area contributed by atoms with E-state index in [2.05, 4.69) is 10.4 Å². The van der Waals surface area contributed by atoms with E-state index in [9.17, 15) is 4.79 Å². The van der Waals surface area contributed by atoms with E-state index in [-0.39, 0.29) is 5.91 Å². The summed E-state index contributed by atoms with van der Waals surface area (Å²) in [6, 6.07) is 2.35. The van der Waals surface area contributed by atoms with E-state index in [0.717, 1.165) is 18.5 Å². The second-order valence-corrected chi connectivity index (χ2v) is 4.75. The summed E-state index contributed by atoms with van der Waals surface area (Å²) in [4.78, 5) is 11.5. The molecule has 1 unspecified atom stereocenters. The second kappa shape index (κ2) is 3.90. The maximum Gasteiger partial charge on any atom is 0.239 e. The van der Waals surface area contributed by atoms with E-state index in [0.29, 0.717) is 12.6 Å². The Balaban J connectivity index is 2.13. The van der Waals surface area contributed by atoms with Gasteiger partial charge in [-0.2, -0.15) is 5.10 Å². The Bertz CT molecular complexity index is 396. The number of carbonyl (C=O) groups excluding carboxylic acids is 1. The summed E-state index contributed by atoms with van der Waals surface area (Å²) >= 11 is 0. The molecule has 1 fully saturated rings. The van der Waals surface area contributed by atoms with Gasteiger partial charge in [-0.3, -0.25) is 14.8 Å². The standard InChI is InChI=1S/C11H18N4O/c1-8-5-6-13-15(8)7-11(2,10(12)16)14-9-3-4-9/h5-6,9,14H,3-4,7H2,1-2H3,(H2,12,16). The third kappa shape index (κ3) is 2.24. The molecule has 1 aliphatic rings. The van der Waals surface area contributed by atoms with Gasteiger partial charge in [-0.1, -0.05) is 0 Å². The summed E-state index contributed by atoms with van der Waals surface area (Å²) in [6.07, 6.45) is 3.98. The number of hydrogen-bond acceptors (Lipinski definition) is 3. The monoisotopic (exact) mass is 222 g/mol. The van der Waals surface area contributed by atoms with Crippen LogP contribution in [0.2, 0.25) is 0 Å². The van der Waals surface area contributed by atoms with Crippen LogP contribution in [0.5, 0.6) is 0 Å². The van der Waals surface area contributed by atoms with Crippen molar-refractivity contribution in [3.05, 3.63) is 18.0 Å². The molecule has 5 heteroatoms.